The molecule has 0 aliphatic carbocycles. The van der Waals surface area contributed by atoms with Crippen molar-refractivity contribution < 1.29 is 4.79 Å². The van der Waals surface area contributed by atoms with Gasteiger partial charge in [0, 0.05) is 22.9 Å². The van der Waals surface area contributed by atoms with E-state index in [4.69, 9.17) is 0 Å². The fourth-order valence-electron chi connectivity index (χ4n) is 3.29. The van der Waals surface area contributed by atoms with Crippen molar-refractivity contribution in [3.63, 3.8) is 0 Å². The number of aromatic nitrogens is 2. The lowest BCUT2D eigenvalue weighted by Gasteiger charge is -2.39. The molecule has 0 spiro atoms. The van der Waals surface area contributed by atoms with E-state index >= 15 is 0 Å². The summed E-state index contributed by atoms with van der Waals surface area (Å²) in [4.78, 5) is 27.1. The zero-order valence-electron chi connectivity index (χ0n) is 15.2. The summed E-state index contributed by atoms with van der Waals surface area (Å²) in [6.07, 6.45) is 5.52. The molecule has 2 aromatic heterocycles. The Hall–Kier alpha value is -2.86. The van der Waals surface area contributed by atoms with E-state index in [9.17, 15) is 4.79 Å². The predicted molar refractivity (Wildman–Crippen MR) is 108 cm³/mol. The van der Waals surface area contributed by atoms with Crippen LogP contribution in [0.15, 0.2) is 71.9 Å². The number of benzene rings is 1. The third-order valence-corrected chi connectivity index (χ3v) is 5.48. The summed E-state index contributed by atoms with van der Waals surface area (Å²) in [5.74, 6) is 0.699. The monoisotopic (exact) mass is 376 g/mol. The summed E-state index contributed by atoms with van der Waals surface area (Å²) < 4.78 is 0. The van der Waals surface area contributed by atoms with Crippen molar-refractivity contribution in [2.45, 2.75) is 24.4 Å². The zero-order valence-corrected chi connectivity index (χ0v) is 16.1. The van der Waals surface area contributed by atoms with Crippen LogP contribution in [-0.2, 0) is 6.54 Å². The molecule has 0 saturated heterocycles. The van der Waals surface area contributed by atoms with Crippen molar-refractivity contribution in [1.29, 1.82) is 0 Å². The molecule has 27 heavy (non-hydrogen) atoms. The summed E-state index contributed by atoms with van der Waals surface area (Å²) in [5.41, 5.74) is 2.72. The summed E-state index contributed by atoms with van der Waals surface area (Å²) in [5, 5.41) is 0. The van der Waals surface area contributed by atoms with Gasteiger partial charge in [0.25, 0.3) is 0 Å². The van der Waals surface area contributed by atoms with Gasteiger partial charge in [-0.05, 0) is 49.6 Å². The molecule has 3 aromatic rings. The molecule has 6 heteroatoms. The number of hydrogen-bond donors (Lipinski definition) is 0. The lowest BCUT2D eigenvalue weighted by molar-refractivity contribution is 0.179. The number of carbonyl (C=O) groups excluding carboxylic acids is 1. The van der Waals surface area contributed by atoms with Crippen LogP contribution < -0.4 is 4.90 Å². The first-order chi connectivity index (χ1) is 13.2. The second kappa shape index (κ2) is 7.40. The van der Waals surface area contributed by atoms with E-state index in [0.717, 1.165) is 21.8 Å². The Kier molecular flexibility index (Phi) is 4.81. The molecule has 1 aliphatic rings. The Bertz CT molecular complexity index is 963. The van der Waals surface area contributed by atoms with Crippen LogP contribution in [0.2, 0.25) is 0 Å². The zero-order chi connectivity index (χ0) is 18.8. The summed E-state index contributed by atoms with van der Waals surface area (Å²) in [6, 6.07) is 17.5. The van der Waals surface area contributed by atoms with Crippen molar-refractivity contribution in [2.75, 3.05) is 11.2 Å². The van der Waals surface area contributed by atoms with Crippen molar-refractivity contribution >= 4 is 29.3 Å². The van der Waals surface area contributed by atoms with E-state index < -0.39 is 0 Å². The van der Waals surface area contributed by atoms with E-state index in [1.165, 1.54) is 0 Å². The number of nitrogens with zero attached hydrogens (tertiary/aromatic N) is 4. The number of pyridine rings is 2. The van der Waals surface area contributed by atoms with Crippen LogP contribution >= 0.6 is 11.8 Å². The van der Waals surface area contributed by atoms with Crippen LogP contribution in [0.4, 0.5) is 16.3 Å². The van der Waals surface area contributed by atoms with Crippen LogP contribution in [-0.4, -0.2) is 27.2 Å². The van der Waals surface area contributed by atoms with E-state index in [2.05, 4.69) is 9.97 Å². The van der Waals surface area contributed by atoms with Gasteiger partial charge in [0.05, 0.1) is 24.0 Å². The van der Waals surface area contributed by atoms with Gasteiger partial charge in [-0.2, -0.15) is 0 Å². The second-order valence-electron chi connectivity index (χ2n) is 6.36. The Morgan fingerprint density at radius 1 is 1.04 bits per heavy atom. The second-order valence-corrected chi connectivity index (χ2v) is 7.24. The largest absolute Gasteiger partial charge is 0.331 e. The highest BCUT2D eigenvalue weighted by Gasteiger charge is 2.35. The van der Waals surface area contributed by atoms with Crippen molar-refractivity contribution in [3.05, 3.63) is 78.2 Å². The molecule has 2 amide bonds. The van der Waals surface area contributed by atoms with Gasteiger partial charge in [0.1, 0.15) is 5.82 Å². The number of fused-ring (bicyclic) bond motifs is 1. The predicted octanol–water partition coefficient (Wildman–Crippen LogP) is 5.03. The van der Waals surface area contributed by atoms with Gasteiger partial charge in [-0.15, -0.1) is 11.8 Å². The van der Waals surface area contributed by atoms with Crippen LogP contribution in [0.3, 0.4) is 0 Å². The van der Waals surface area contributed by atoms with Crippen LogP contribution in [0.1, 0.15) is 24.2 Å². The van der Waals surface area contributed by atoms with Crippen molar-refractivity contribution in [3.8, 4) is 0 Å². The normalized spacial score (nSPS) is 14.8. The first-order valence-corrected chi connectivity index (χ1v) is 10.0. The number of carbonyl (C=O) groups is 1. The smallest absolute Gasteiger partial charge is 0.311 e. The number of amides is 2. The molecular formula is C21H20N4OS. The molecule has 0 fully saturated rings. The topological polar surface area (TPSA) is 49.3 Å². The highest BCUT2D eigenvalue weighted by molar-refractivity contribution is 7.98. The number of anilines is 2. The maximum absolute atomic E-state index is 13.5. The number of thioether (sulfide) groups is 1. The number of rotatable bonds is 4. The average Bonchev–Trinajstić information content (AvgIpc) is 2.73. The number of hydrogen-bond acceptors (Lipinski definition) is 4. The summed E-state index contributed by atoms with van der Waals surface area (Å²) >= 11 is 1.65. The first-order valence-electron chi connectivity index (χ1n) is 8.78. The maximum Gasteiger partial charge on any atom is 0.331 e. The first kappa shape index (κ1) is 17.5. The molecule has 3 heterocycles. The maximum atomic E-state index is 13.5. The van der Waals surface area contributed by atoms with E-state index in [0.29, 0.717) is 12.4 Å². The van der Waals surface area contributed by atoms with E-state index in [1.807, 2.05) is 72.7 Å². The molecule has 1 aromatic carbocycles. The average molecular weight is 376 g/mol. The Morgan fingerprint density at radius 3 is 2.67 bits per heavy atom. The van der Waals surface area contributed by atoms with Gasteiger partial charge in [0.15, 0.2) is 0 Å². The minimum Gasteiger partial charge on any atom is -0.311 e. The molecule has 0 N–H and O–H groups in total. The molecule has 4 rings (SSSR count). The minimum atomic E-state index is -0.140. The number of urea groups is 1. The highest BCUT2D eigenvalue weighted by Crippen LogP contribution is 2.37. The molecule has 0 radical (unpaired) electrons. The van der Waals surface area contributed by atoms with Gasteiger partial charge < -0.3 is 4.90 Å². The van der Waals surface area contributed by atoms with E-state index in [-0.39, 0.29) is 12.1 Å². The standard InChI is InChI=1S/C21H20N4OS/c1-15(19-10-3-4-11-22-19)24-14-16-7-6-12-23-20(16)25(21(24)26)17-8-5-9-18(13-17)27-2/h3-13,15H,14H2,1-2H3. The van der Waals surface area contributed by atoms with Crippen LogP contribution in [0.25, 0.3) is 0 Å². The Morgan fingerprint density at radius 2 is 1.89 bits per heavy atom. The minimum absolute atomic E-state index is 0.0855. The Labute approximate surface area is 163 Å². The SMILES string of the molecule is CSc1cccc(N2C(=O)N(C(C)c3ccccn3)Cc3cccnc32)c1. The van der Waals surface area contributed by atoms with Gasteiger partial charge in [-0.1, -0.05) is 18.2 Å². The van der Waals surface area contributed by atoms with E-state index in [1.54, 1.807) is 29.1 Å². The molecule has 1 unspecified atom stereocenters. The van der Waals surface area contributed by atoms with Gasteiger partial charge in [-0.25, -0.2) is 14.7 Å². The Balaban J connectivity index is 1.79. The third-order valence-electron chi connectivity index (χ3n) is 4.75. The van der Waals surface area contributed by atoms with Gasteiger partial charge >= 0.3 is 6.03 Å². The van der Waals surface area contributed by atoms with Gasteiger partial charge in [0.2, 0.25) is 0 Å². The fourth-order valence-corrected chi connectivity index (χ4v) is 3.75. The third kappa shape index (κ3) is 3.28. The molecule has 1 atom stereocenters. The van der Waals surface area contributed by atoms with Gasteiger partial charge in [-0.3, -0.25) is 4.98 Å². The molecule has 136 valence electrons. The molecule has 0 saturated carbocycles. The highest BCUT2D eigenvalue weighted by atomic mass is 32.2. The lowest BCUT2D eigenvalue weighted by atomic mass is 10.1. The summed E-state index contributed by atoms with van der Waals surface area (Å²) in [7, 11) is 0. The molecular weight excluding hydrogens is 356 g/mol. The van der Waals surface area contributed by atoms with Crippen molar-refractivity contribution in [2.24, 2.45) is 0 Å². The van der Waals surface area contributed by atoms with Crippen LogP contribution in [0.5, 0.6) is 0 Å². The molecule has 1 aliphatic heterocycles. The molecule has 5 nitrogen and oxygen atoms in total. The fraction of sp³-hybridized carbons (Fsp3) is 0.190. The van der Waals surface area contributed by atoms with Crippen molar-refractivity contribution in [1.82, 2.24) is 14.9 Å². The van der Waals surface area contributed by atoms with Crippen LogP contribution in [0, 0.1) is 0 Å². The lowest BCUT2D eigenvalue weighted by Crippen LogP contribution is -2.46. The summed E-state index contributed by atoms with van der Waals surface area (Å²) in [6.45, 7) is 2.52. The quantitative estimate of drug-likeness (QED) is 0.599. The molecule has 0 bridgehead atoms.